The van der Waals surface area contributed by atoms with E-state index < -0.39 is 0 Å². The Hall–Kier alpha value is -0.0800. The monoisotopic (exact) mass is 240 g/mol. The Morgan fingerprint density at radius 1 is 1.18 bits per heavy atom. The number of piperidine rings is 1. The summed E-state index contributed by atoms with van der Waals surface area (Å²) in [6.45, 7) is 16.6. The van der Waals surface area contributed by atoms with Gasteiger partial charge in [-0.05, 0) is 44.1 Å². The van der Waals surface area contributed by atoms with Gasteiger partial charge in [0.25, 0.3) is 0 Å². The summed E-state index contributed by atoms with van der Waals surface area (Å²) in [7, 11) is 0. The Morgan fingerprint density at radius 3 is 2.53 bits per heavy atom. The predicted octanol–water partition coefficient (Wildman–Crippen LogP) is 2.99. The van der Waals surface area contributed by atoms with E-state index in [1.807, 2.05) is 0 Å². The molecule has 1 saturated heterocycles. The molecule has 1 aliphatic heterocycles. The Bertz CT molecular complexity index is 203. The van der Waals surface area contributed by atoms with Crippen LogP contribution in [-0.2, 0) is 0 Å². The van der Waals surface area contributed by atoms with Crippen LogP contribution in [0.2, 0.25) is 0 Å². The van der Waals surface area contributed by atoms with Gasteiger partial charge in [0.1, 0.15) is 0 Å². The second-order valence-corrected chi connectivity index (χ2v) is 6.49. The molecule has 0 aliphatic carbocycles. The fourth-order valence-electron chi connectivity index (χ4n) is 2.87. The summed E-state index contributed by atoms with van der Waals surface area (Å²) >= 11 is 0. The average molecular weight is 240 g/mol. The molecule has 3 atom stereocenters. The van der Waals surface area contributed by atoms with Crippen molar-refractivity contribution in [2.24, 2.45) is 17.8 Å². The molecule has 1 heterocycles. The van der Waals surface area contributed by atoms with Crippen LogP contribution in [0.15, 0.2) is 0 Å². The third kappa shape index (κ3) is 5.39. The molecule has 0 aromatic carbocycles. The quantitative estimate of drug-likeness (QED) is 0.718. The number of rotatable bonds is 6. The first-order valence-electron chi connectivity index (χ1n) is 7.45. The van der Waals surface area contributed by atoms with Crippen molar-refractivity contribution in [1.82, 2.24) is 10.2 Å². The molecule has 1 rings (SSSR count). The van der Waals surface area contributed by atoms with Gasteiger partial charge in [0.05, 0.1) is 0 Å². The highest BCUT2D eigenvalue weighted by Gasteiger charge is 2.27. The molecule has 0 aromatic rings. The van der Waals surface area contributed by atoms with Gasteiger partial charge in [0.15, 0.2) is 0 Å². The minimum Gasteiger partial charge on any atom is -0.315 e. The zero-order valence-corrected chi connectivity index (χ0v) is 12.5. The van der Waals surface area contributed by atoms with Crippen molar-refractivity contribution in [3.05, 3.63) is 0 Å². The van der Waals surface area contributed by atoms with Crippen LogP contribution >= 0.6 is 0 Å². The van der Waals surface area contributed by atoms with E-state index in [0.717, 1.165) is 30.3 Å². The minimum absolute atomic E-state index is 0.762. The van der Waals surface area contributed by atoms with Crippen LogP contribution in [0.1, 0.15) is 47.5 Å². The highest BCUT2D eigenvalue weighted by molar-refractivity contribution is 4.82. The van der Waals surface area contributed by atoms with Crippen molar-refractivity contribution >= 4 is 0 Å². The summed E-state index contributed by atoms with van der Waals surface area (Å²) in [6.07, 6.45) is 2.70. The SMILES string of the molecule is CC(C)CCNCCN1CC(C)CC(C)C1C. The van der Waals surface area contributed by atoms with E-state index in [1.54, 1.807) is 0 Å². The van der Waals surface area contributed by atoms with E-state index in [2.05, 4.69) is 44.8 Å². The highest BCUT2D eigenvalue weighted by atomic mass is 15.2. The molecule has 0 saturated carbocycles. The highest BCUT2D eigenvalue weighted by Crippen LogP contribution is 2.26. The zero-order valence-electron chi connectivity index (χ0n) is 12.5. The van der Waals surface area contributed by atoms with Gasteiger partial charge in [-0.2, -0.15) is 0 Å². The van der Waals surface area contributed by atoms with Crippen LogP contribution in [0.25, 0.3) is 0 Å². The first-order valence-corrected chi connectivity index (χ1v) is 7.45. The molecule has 0 aromatic heterocycles. The van der Waals surface area contributed by atoms with Crippen molar-refractivity contribution in [3.8, 4) is 0 Å². The molecule has 2 heteroatoms. The summed E-state index contributed by atoms with van der Waals surface area (Å²) < 4.78 is 0. The summed E-state index contributed by atoms with van der Waals surface area (Å²) in [6, 6.07) is 0.762. The maximum absolute atomic E-state index is 3.57. The van der Waals surface area contributed by atoms with Gasteiger partial charge in [0, 0.05) is 25.7 Å². The molecule has 0 bridgehead atoms. The fourth-order valence-corrected chi connectivity index (χ4v) is 2.87. The Balaban J connectivity index is 2.17. The third-order valence-electron chi connectivity index (χ3n) is 4.19. The van der Waals surface area contributed by atoms with Gasteiger partial charge in [-0.25, -0.2) is 0 Å². The molecule has 2 nitrogen and oxygen atoms in total. The maximum atomic E-state index is 3.57. The van der Waals surface area contributed by atoms with Gasteiger partial charge in [0.2, 0.25) is 0 Å². The van der Waals surface area contributed by atoms with Gasteiger partial charge in [-0.15, -0.1) is 0 Å². The molecule has 0 spiro atoms. The molecular formula is C15H32N2. The molecule has 17 heavy (non-hydrogen) atoms. The van der Waals surface area contributed by atoms with Gasteiger partial charge < -0.3 is 5.32 Å². The molecule has 102 valence electrons. The molecule has 1 aliphatic rings. The van der Waals surface area contributed by atoms with Crippen LogP contribution in [0.3, 0.4) is 0 Å². The number of likely N-dealkylation sites (tertiary alicyclic amines) is 1. The van der Waals surface area contributed by atoms with Crippen LogP contribution in [-0.4, -0.2) is 37.1 Å². The largest absolute Gasteiger partial charge is 0.315 e. The van der Waals surface area contributed by atoms with E-state index in [9.17, 15) is 0 Å². The van der Waals surface area contributed by atoms with E-state index in [1.165, 1.54) is 32.5 Å². The van der Waals surface area contributed by atoms with E-state index in [0.29, 0.717) is 0 Å². The smallest absolute Gasteiger partial charge is 0.0110 e. The molecule has 0 amide bonds. The second kappa shape index (κ2) is 7.38. The summed E-state index contributed by atoms with van der Waals surface area (Å²) in [5.41, 5.74) is 0. The summed E-state index contributed by atoms with van der Waals surface area (Å²) in [5, 5.41) is 3.57. The van der Waals surface area contributed by atoms with Crippen molar-refractivity contribution in [1.29, 1.82) is 0 Å². The van der Waals surface area contributed by atoms with Crippen molar-refractivity contribution in [2.45, 2.75) is 53.5 Å². The minimum atomic E-state index is 0.762. The number of hydrogen-bond donors (Lipinski definition) is 1. The van der Waals surface area contributed by atoms with E-state index >= 15 is 0 Å². The van der Waals surface area contributed by atoms with Crippen LogP contribution < -0.4 is 5.32 Å². The lowest BCUT2D eigenvalue weighted by molar-refractivity contribution is 0.0807. The van der Waals surface area contributed by atoms with E-state index in [-0.39, 0.29) is 0 Å². The van der Waals surface area contributed by atoms with Crippen molar-refractivity contribution in [3.63, 3.8) is 0 Å². The van der Waals surface area contributed by atoms with Crippen LogP contribution in [0, 0.1) is 17.8 Å². The number of hydrogen-bond acceptors (Lipinski definition) is 2. The lowest BCUT2D eigenvalue weighted by Gasteiger charge is -2.41. The topological polar surface area (TPSA) is 15.3 Å². The van der Waals surface area contributed by atoms with Gasteiger partial charge in [-0.1, -0.05) is 27.7 Å². The Kier molecular flexibility index (Phi) is 6.50. The molecular weight excluding hydrogens is 208 g/mol. The molecule has 3 unspecified atom stereocenters. The number of nitrogens with zero attached hydrogens (tertiary/aromatic N) is 1. The predicted molar refractivity (Wildman–Crippen MR) is 76.3 cm³/mol. The summed E-state index contributed by atoms with van der Waals surface area (Å²) in [5.74, 6) is 2.54. The maximum Gasteiger partial charge on any atom is 0.0110 e. The first kappa shape index (κ1) is 15.0. The number of nitrogens with one attached hydrogen (secondary N) is 1. The van der Waals surface area contributed by atoms with Crippen molar-refractivity contribution in [2.75, 3.05) is 26.2 Å². The normalized spacial score (nSPS) is 31.1. The standard InChI is InChI=1S/C15H32N2/c1-12(2)6-7-16-8-9-17-11-13(3)10-14(4)15(17)5/h12-16H,6-11H2,1-5H3. The summed E-state index contributed by atoms with van der Waals surface area (Å²) in [4.78, 5) is 2.67. The average Bonchev–Trinajstić information content (AvgIpc) is 2.23. The molecule has 1 N–H and O–H groups in total. The first-order chi connectivity index (χ1) is 8.00. The lowest BCUT2D eigenvalue weighted by Crippen LogP contribution is -2.48. The van der Waals surface area contributed by atoms with Crippen LogP contribution in [0.5, 0.6) is 0 Å². The lowest BCUT2D eigenvalue weighted by atomic mass is 9.86. The Morgan fingerprint density at radius 2 is 1.88 bits per heavy atom. The fraction of sp³-hybridized carbons (Fsp3) is 1.00. The van der Waals surface area contributed by atoms with Crippen LogP contribution in [0.4, 0.5) is 0 Å². The molecule has 0 radical (unpaired) electrons. The second-order valence-electron chi connectivity index (χ2n) is 6.49. The molecule has 1 fully saturated rings. The van der Waals surface area contributed by atoms with Crippen molar-refractivity contribution < 1.29 is 0 Å². The Labute approximate surface area is 108 Å². The van der Waals surface area contributed by atoms with Gasteiger partial charge in [-0.3, -0.25) is 4.90 Å². The zero-order chi connectivity index (χ0) is 12.8. The van der Waals surface area contributed by atoms with E-state index in [4.69, 9.17) is 0 Å². The van der Waals surface area contributed by atoms with Gasteiger partial charge >= 0.3 is 0 Å². The third-order valence-corrected chi connectivity index (χ3v) is 4.19.